The van der Waals surface area contributed by atoms with E-state index in [-0.39, 0.29) is 5.69 Å². The molecule has 29 heavy (non-hydrogen) atoms. The monoisotopic (exact) mass is 395 g/mol. The summed E-state index contributed by atoms with van der Waals surface area (Å²) in [6.07, 6.45) is 0. The number of hydrogen-bond acceptors (Lipinski definition) is 4. The highest BCUT2D eigenvalue weighted by atomic mass is 19.1. The van der Waals surface area contributed by atoms with E-state index >= 15 is 0 Å². The molecule has 0 saturated carbocycles. The van der Waals surface area contributed by atoms with Gasteiger partial charge >= 0.3 is 6.03 Å². The lowest BCUT2D eigenvalue weighted by Gasteiger charge is -2.35. The Hall–Kier alpha value is -3.55. The van der Waals surface area contributed by atoms with Gasteiger partial charge in [-0.05, 0) is 24.3 Å². The van der Waals surface area contributed by atoms with E-state index in [0.717, 1.165) is 35.3 Å². The van der Waals surface area contributed by atoms with Crippen LogP contribution in [0.2, 0.25) is 0 Å². The van der Waals surface area contributed by atoms with Gasteiger partial charge in [0.05, 0.1) is 11.4 Å². The summed E-state index contributed by atoms with van der Waals surface area (Å²) in [5, 5.41) is 11.0. The van der Waals surface area contributed by atoms with Gasteiger partial charge in [0.15, 0.2) is 5.82 Å². The average molecular weight is 395 g/mol. The zero-order valence-corrected chi connectivity index (χ0v) is 15.6. The number of carbonyl (C=O) groups is 1. The molecule has 148 valence electrons. The van der Waals surface area contributed by atoms with Crippen LogP contribution in [0.5, 0.6) is 0 Å². The zero-order chi connectivity index (χ0) is 20.2. The zero-order valence-electron chi connectivity index (χ0n) is 15.6. The number of halogens is 2. The van der Waals surface area contributed by atoms with Gasteiger partial charge in [-0.1, -0.05) is 30.3 Å². The van der Waals surface area contributed by atoms with Crippen LogP contribution < -0.4 is 10.2 Å². The molecule has 0 unspecified atom stereocenters. The fourth-order valence-corrected chi connectivity index (χ4v) is 3.18. The second kappa shape index (κ2) is 8.22. The molecule has 1 fully saturated rings. The van der Waals surface area contributed by atoms with Gasteiger partial charge in [0.1, 0.15) is 11.6 Å². The number of nitrogens with zero attached hydrogens (tertiary/aromatic N) is 4. The van der Waals surface area contributed by atoms with Crippen molar-refractivity contribution >= 4 is 17.5 Å². The van der Waals surface area contributed by atoms with Crippen molar-refractivity contribution in [2.24, 2.45) is 0 Å². The SMILES string of the molecule is O=C(Nc1cc(F)ccc1F)N1CCN(c2ccc(-c3ccccc3)nn2)CC1. The first kappa shape index (κ1) is 18.8. The van der Waals surface area contributed by atoms with E-state index in [1.54, 1.807) is 4.90 Å². The molecule has 0 spiro atoms. The number of aromatic nitrogens is 2. The minimum absolute atomic E-state index is 0.167. The minimum Gasteiger partial charge on any atom is -0.352 e. The molecular formula is C21H19F2N5O. The molecule has 4 rings (SSSR count). The summed E-state index contributed by atoms with van der Waals surface area (Å²) in [5.41, 5.74) is 1.63. The molecule has 2 amide bonds. The van der Waals surface area contributed by atoms with E-state index in [4.69, 9.17) is 0 Å². The summed E-state index contributed by atoms with van der Waals surface area (Å²) in [6.45, 7) is 2.01. The summed E-state index contributed by atoms with van der Waals surface area (Å²) in [7, 11) is 0. The summed E-state index contributed by atoms with van der Waals surface area (Å²) in [6, 6.07) is 16.1. The second-order valence-corrected chi connectivity index (χ2v) is 6.67. The van der Waals surface area contributed by atoms with E-state index < -0.39 is 17.7 Å². The number of nitrogens with one attached hydrogen (secondary N) is 1. The third-order valence-electron chi connectivity index (χ3n) is 4.78. The Kier molecular flexibility index (Phi) is 5.33. The fraction of sp³-hybridized carbons (Fsp3) is 0.190. The Labute approximate surface area is 166 Å². The number of carbonyl (C=O) groups excluding carboxylic acids is 1. The number of urea groups is 1. The van der Waals surface area contributed by atoms with Gasteiger partial charge in [-0.3, -0.25) is 0 Å². The van der Waals surface area contributed by atoms with Gasteiger partial charge in [-0.2, -0.15) is 0 Å². The van der Waals surface area contributed by atoms with Gasteiger partial charge in [0.2, 0.25) is 0 Å². The molecule has 3 aromatic rings. The van der Waals surface area contributed by atoms with Crippen LogP contribution in [0.25, 0.3) is 11.3 Å². The highest BCUT2D eigenvalue weighted by molar-refractivity contribution is 5.89. The van der Waals surface area contributed by atoms with Crippen LogP contribution in [0.1, 0.15) is 0 Å². The predicted molar refractivity (Wildman–Crippen MR) is 107 cm³/mol. The summed E-state index contributed by atoms with van der Waals surface area (Å²) in [4.78, 5) is 16.0. The number of hydrogen-bond donors (Lipinski definition) is 1. The van der Waals surface area contributed by atoms with Crippen molar-refractivity contribution in [2.45, 2.75) is 0 Å². The molecule has 2 heterocycles. The Bertz CT molecular complexity index is 990. The maximum atomic E-state index is 13.7. The summed E-state index contributed by atoms with van der Waals surface area (Å²) >= 11 is 0. The first-order valence-electron chi connectivity index (χ1n) is 9.25. The van der Waals surface area contributed by atoms with Crippen molar-refractivity contribution in [1.29, 1.82) is 0 Å². The first-order valence-corrected chi connectivity index (χ1v) is 9.25. The molecule has 1 saturated heterocycles. The van der Waals surface area contributed by atoms with E-state index in [2.05, 4.69) is 15.5 Å². The van der Waals surface area contributed by atoms with Crippen molar-refractivity contribution in [3.05, 3.63) is 72.3 Å². The largest absolute Gasteiger partial charge is 0.352 e. The fourth-order valence-electron chi connectivity index (χ4n) is 3.18. The maximum Gasteiger partial charge on any atom is 0.322 e. The Morgan fingerprint density at radius 2 is 1.66 bits per heavy atom. The maximum absolute atomic E-state index is 13.7. The normalized spacial score (nSPS) is 14.0. The van der Waals surface area contributed by atoms with Gasteiger partial charge < -0.3 is 15.1 Å². The minimum atomic E-state index is -0.674. The third-order valence-corrected chi connectivity index (χ3v) is 4.78. The number of amides is 2. The number of piperazine rings is 1. The third kappa shape index (κ3) is 4.31. The number of rotatable bonds is 3. The number of anilines is 2. The second-order valence-electron chi connectivity index (χ2n) is 6.67. The Balaban J connectivity index is 1.35. The molecule has 0 radical (unpaired) electrons. The molecule has 1 aliphatic rings. The van der Waals surface area contributed by atoms with Crippen molar-refractivity contribution in [1.82, 2.24) is 15.1 Å². The first-order chi connectivity index (χ1) is 14.1. The van der Waals surface area contributed by atoms with E-state index in [1.165, 1.54) is 0 Å². The molecule has 8 heteroatoms. The van der Waals surface area contributed by atoms with Crippen LogP contribution in [0.4, 0.5) is 25.1 Å². The Morgan fingerprint density at radius 3 is 2.34 bits per heavy atom. The molecule has 0 atom stereocenters. The van der Waals surface area contributed by atoms with Crippen LogP contribution in [0.3, 0.4) is 0 Å². The molecule has 1 aliphatic heterocycles. The lowest BCUT2D eigenvalue weighted by Crippen LogP contribution is -2.50. The summed E-state index contributed by atoms with van der Waals surface area (Å²) in [5.74, 6) is -0.544. The predicted octanol–water partition coefficient (Wildman–Crippen LogP) is 3.78. The van der Waals surface area contributed by atoms with Crippen molar-refractivity contribution < 1.29 is 13.6 Å². The standard InChI is InChI=1S/C21H19F2N5O/c22-16-6-7-17(23)19(14-16)24-21(29)28-12-10-27(11-13-28)20-9-8-18(25-26-20)15-4-2-1-3-5-15/h1-9,14H,10-13H2,(H,24,29). The van der Waals surface area contributed by atoms with E-state index in [9.17, 15) is 13.6 Å². The topological polar surface area (TPSA) is 61.4 Å². The molecule has 1 aromatic heterocycles. The average Bonchev–Trinajstić information content (AvgIpc) is 2.77. The molecule has 1 N–H and O–H groups in total. The number of benzene rings is 2. The van der Waals surface area contributed by atoms with Gasteiger partial charge in [0, 0.05) is 37.8 Å². The van der Waals surface area contributed by atoms with Gasteiger partial charge in [-0.15, -0.1) is 10.2 Å². The highest BCUT2D eigenvalue weighted by Gasteiger charge is 2.23. The quantitative estimate of drug-likeness (QED) is 0.733. The van der Waals surface area contributed by atoms with E-state index in [0.29, 0.717) is 26.2 Å². The van der Waals surface area contributed by atoms with Crippen molar-refractivity contribution in [3.63, 3.8) is 0 Å². The molecule has 0 bridgehead atoms. The van der Waals surface area contributed by atoms with Gasteiger partial charge in [-0.25, -0.2) is 13.6 Å². The van der Waals surface area contributed by atoms with Crippen molar-refractivity contribution in [2.75, 3.05) is 36.4 Å². The van der Waals surface area contributed by atoms with Crippen LogP contribution in [-0.2, 0) is 0 Å². The van der Waals surface area contributed by atoms with Crippen LogP contribution in [0.15, 0.2) is 60.7 Å². The highest BCUT2D eigenvalue weighted by Crippen LogP contribution is 2.20. The van der Waals surface area contributed by atoms with Gasteiger partial charge in [0.25, 0.3) is 0 Å². The van der Waals surface area contributed by atoms with Crippen LogP contribution in [0, 0.1) is 11.6 Å². The smallest absolute Gasteiger partial charge is 0.322 e. The lowest BCUT2D eigenvalue weighted by atomic mass is 10.1. The molecule has 6 nitrogen and oxygen atoms in total. The van der Waals surface area contributed by atoms with Crippen LogP contribution in [-0.4, -0.2) is 47.3 Å². The molecular weight excluding hydrogens is 376 g/mol. The summed E-state index contributed by atoms with van der Waals surface area (Å²) < 4.78 is 27.0. The van der Waals surface area contributed by atoms with Crippen LogP contribution >= 0.6 is 0 Å². The van der Waals surface area contributed by atoms with E-state index in [1.807, 2.05) is 47.4 Å². The Morgan fingerprint density at radius 1 is 0.897 bits per heavy atom. The molecule has 2 aromatic carbocycles. The van der Waals surface area contributed by atoms with Crippen molar-refractivity contribution in [3.8, 4) is 11.3 Å². The lowest BCUT2D eigenvalue weighted by molar-refractivity contribution is 0.208. The molecule has 0 aliphatic carbocycles.